The molecule has 1 fully saturated rings. The van der Waals surface area contributed by atoms with E-state index in [1.807, 2.05) is 32.0 Å². The molecule has 1 N–H and O–H groups in total. The lowest BCUT2D eigenvalue weighted by Crippen LogP contribution is -2.33. The molecule has 0 radical (unpaired) electrons. The monoisotopic (exact) mass is 275 g/mol. The Balaban J connectivity index is 1.98. The molecule has 3 rings (SSSR count). The third kappa shape index (κ3) is 1.86. The molecule has 0 spiro atoms. The average Bonchev–Trinajstić information content (AvgIpc) is 3.02. The third-order valence-corrected chi connectivity index (χ3v) is 4.55. The van der Waals surface area contributed by atoms with Gasteiger partial charge in [0.15, 0.2) is 0 Å². The summed E-state index contributed by atoms with van der Waals surface area (Å²) in [6.45, 7) is 4.58. The predicted octanol–water partition coefficient (Wildman–Crippen LogP) is 2.15. The predicted molar refractivity (Wildman–Crippen MR) is 76.8 cm³/mol. The van der Waals surface area contributed by atoms with Crippen molar-refractivity contribution in [3.63, 3.8) is 0 Å². The normalized spacial score (nSPS) is 25.9. The van der Waals surface area contributed by atoms with E-state index in [0.717, 1.165) is 36.3 Å². The Kier molecular flexibility index (Phi) is 3.10. The first-order valence-corrected chi connectivity index (χ1v) is 7.15. The molecule has 0 aliphatic carbocycles. The number of carbonyl (C=O) groups excluding carboxylic acids is 1. The molecule has 0 saturated carbocycles. The number of ether oxygens (including phenoxy) is 1. The summed E-state index contributed by atoms with van der Waals surface area (Å²) in [5.41, 5.74) is 2.23. The minimum Gasteiger partial charge on any atom is -0.386 e. The summed E-state index contributed by atoms with van der Waals surface area (Å²) in [4.78, 5) is 14.0. The minimum absolute atomic E-state index is 0.0938. The number of hydrogen-bond acceptors (Lipinski definition) is 3. The number of likely N-dealkylation sites (N-methyl/N-ethyl adjacent to an activating group) is 1. The van der Waals surface area contributed by atoms with Crippen molar-refractivity contribution in [3.8, 4) is 0 Å². The van der Waals surface area contributed by atoms with Gasteiger partial charge in [-0.3, -0.25) is 4.79 Å². The fourth-order valence-corrected chi connectivity index (χ4v) is 3.24. The number of amides is 1. The largest absolute Gasteiger partial charge is 0.386 e. The van der Waals surface area contributed by atoms with Crippen LogP contribution in [0.3, 0.4) is 0 Å². The van der Waals surface area contributed by atoms with E-state index in [1.54, 1.807) is 11.9 Å². The Morgan fingerprint density at radius 2 is 2.20 bits per heavy atom. The van der Waals surface area contributed by atoms with Crippen LogP contribution in [0.15, 0.2) is 18.2 Å². The van der Waals surface area contributed by atoms with Crippen molar-refractivity contribution in [1.82, 2.24) is 0 Å². The SMILES string of the molecule is CN1C(=O)C(C)(C)c2cc(C(O)C3CCCO3)ccc21. The smallest absolute Gasteiger partial charge is 0.236 e. The topological polar surface area (TPSA) is 49.8 Å². The highest BCUT2D eigenvalue weighted by Gasteiger charge is 2.42. The zero-order chi connectivity index (χ0) is 14.5. The van der Waals surface area contributed by atoms with Crippen LogP contribution in [-0.2, 0) is 14.9 Å². The van der Waals surface area contributed by atoms with Crippen molar-refractivity contribution in [2.45, 2.75) is 44.3 Å². The quantitative estimate of drug-likeness (QED) is 0.899. The van der Waals surface area contributed by atoms with Gasteiger partial charge in [0.05, 0.1) is 11.5 Å². The zero-order valence-electron chi connectivity index (χ0n) is 12.2. The van der Waals surface area contributed by atoms with Gasteiger partial charge < -0.3 is 14.7 Å². The summed E-state index contributed by atoms with van der Waals surface area (Å²) < 4.78 is 5.56. The second-order valence-electron chi connectivity index (χ2n) is 6.26. The Morgan fingerprint density at radius 1 is 1.45 bits per heavy atom. The van der Waals surface area contributed by atoms with Crippen LogP contribution in [0.5, 0.6) is 0 Å². The van der Waals surface area contributed by atoms with E-state index in [9.17, 15) is 9.90 Å². The average molecular weight is 275 g/mol. The number of rotatable bonds is 2. The molecular formula is C16H21NO3. The number of anilines is 1. The molecule has 20 heavy (non-hydrogen) atoms. The molecule has 2 aliphatic rings. The number of nitrogens with zero attached hydrogens (tertiary/aromatic N) is 1. The van der Waals surface area contributed by atoms with Gasteiger partial charge in [-0.2, -0.15) is 0 Å². The van der Waals surface area contributed by atoms with E-state index >= 15 is 0 Å². The van der Waals surface area contributed by atoms with Crippen LogP contribution in [-0.4, -0.2) is 30.8 Å². The molecule has 2 atom stereocenters. The van der Waals surface area contributed by atoms with Crippen LogP contribution in [0.1, 0.15) is 43.9 Å². The van der Waals surface area contributed by atoms with Crippen molar-refractivity contribution in [2.75, 3.05) is 18.6 Å². The number of aliphatic hydroxyl groups is 1. The van der Waals surface area contributed by atoms with Gasteiger partial charge in [0.2, 0.25) is 5.91 Å². The van der Waals surface area contributed by atoms with Gasteiger partial charge in [-0.15, -0.1) is 0 Å². The molecule has 108 valence electrons. The molecule has 1 saturated heterocycles. The molecule has 0 aromatic heterocycles. The van der Waals surface area contributed by atoms with Crippen molar-refractivity contribution in [2.24, 2.45) is 0 Å². The highest BCUT2D eigenvalue weighted by molar-refractivity contribution is 6.07. The van der Waals surface area contributed by atoms with Crippen LogP contribution in [0, 0.1) is 0 Å². The highest BCUT2D eigenvalue weighted by Crippen LogP contribution is 2.42. The molecule has 4 nitrogen and oxygen atoms in total. The van der Waals surface area contributed by atoms with Crippen molar-refractivity contribution in [1.29, 1.82) is 0 Å². The summed E-state index contributed by atoms with van der Waals surface area (Å²) in [5, 5.41) is 10.4. The molecule has 0 bridgehead atoms. The number of carbonyl (C=O) groups is 1. The Hall–Kier alpha value is -1.39. The van der Waals surface area contributed by atoms with Crippen molar-refractivity contribution < 1.29 is 14.6 Å². The molecule has 4 heteroatoms. The fraction of sp³-hybridized carbons (Fsp3) is 0.562. The summed E-state index contributed by atoms with van der Waals surface area (Å²) in [5.74, 6) is 0.0938. The van der Waals surface area contributed by atoms with Crippen molar-refractivity contribution >= 4 is 11.6 Å². The van der Waals surface area contributed by atoms with Gasteiger partial charge in [-0.25, -0.2) is 0 Å². The zero-order valence-corrected chi connectivity index (χ0v) is 12.2. The van der Waals surface area contributed by atoms with Crippen molar-refractivity contribution in [3.05, 3.63) is 29.3 Å². The maximum atomic E-state index is 12.3. The van der Waals surface area contributed by atoms with Gasteiger partial charge >= 0.3 is 0 Å². The van der Waals surface area contributed by atoms with E-state index in [4.69, 9.17) is 4.74 Å². The van der Waals surface area contributed by atoms with Gasteiger partial charge in [0, 0.05) is 19.3 Å². The third-order valence-electron chi connectivity index (χ3n) is 4.55. The van der Waals surface area contributed by atoms with E-state index in [2.05, 4.69) is 0 Å². The van der Waals surface area contributed by atoms with Crippen LogP contribution in [0.25, 0.3) is 0 Å². The Bertz CT molecular complexity index is 547. The fourth-order valence-electron chi connectivity index (χ4n) is 3.24. The molecule has 1 amide bonds. The molecule has 2 heterocycles. The van der Waals surface area contributed by atoms with Gasteiger partial charge in [0.25, 0.3) is 0 Å². The van der Waals surface area contributed by atoms with Crippen LogP contribution < -0.4 is 4.90 Å². The van der Waals surface area contributed by atoms with E-state index in [-0.39, 0.29) is 12.0 Å². The second kappa shape index (κ2) is 4.57. The number of hydrogen-bond donors (Lipinski definition) is 1. The summed E-state index contributed by atoms with van der Waals surface area (Å²) in [6.07, 6.45) is 1.16. The molecule has 1 aromatic rings. The summed E-state index contributed by atoms with van der Waals surface area (Å²) >= 11 is 0. The first kappa shape index (κ1) is 13.6. The van der Waals surface area contributed by atoms with Gasteiger partial charge in [-0.05, 0) is 49.9 Å². The van der Waals surface area contributed by atoms with Gasteiger partial charge in [-0.1, -0.05) is 6.07 Å². The number of benzene rings is 1. The minimum atomic E-state index is -0.611. The first-order valence-electron chi connectivity index (χ1n) is 7.15. The van der Waals surface area contributed by atoms with Crippen LogP contribution >= 0.6 is 0 Å². The maximum Gasteiger partial charge on any atom is 0.236 e. The number of fused-ring (bicyclic) bond motifs is 1. The Labute approximate surface area is 119 Å². The standard InChI is InChI=1S/C16H21NO3/c1-16(2)11-9-10(14(18)13-5-4-8-20-13)6-7-12(11)17(3)15(16)19/h6-7,9,13-14,18H,4-5,8H2,1-3H3. The van der Waals surface area contributed by atoms with E-state index < -0.39 is 11.5 Å². The summed E-state index contributed by atoms with van der Waals surface area (Å²) in [6, 6.07) is 5.79. The van der Waals surface area contributed by atoms with Gasteiger partial charge in [0.1, 0.15) is 6.10 Å². The lowest BCUT2D eigenvalue weighted by Gasteiger charge is -2.20. The second-order valence-corrected chi connectivity index (χ2v) is 6.26. The maximum absolute atomic E-state index is 12.3. The molecule has 2 aliphatic heterocycles. The van der Waals surface area contributed by atoms with Crippen LogP contribution in [0.2, 0.25) is 0 Å². The lowest BCUT2D eigenvalue weighted by molar-refractivity contribution is -0.121. The Morgan fingerprint density at radius 3 is 2.85 bits per heavy atom. The van der Waals surface area contributed by atoms with Crippen LogP contribution in [0.4, 0.5) is 5.69 Å². The molecule has 1 aromatic carbocycles. The highest BCUT2D eigenvalue weighted by atomic mass is 16.5. The van der Waals surface area contributed by atoms with E-state index in [1.165, 1.54) is 0 Å². The molecular weight excluding hydrogens is 254 g/mol. The lowest BCUT2D eigenvalue weighted by atomic mass is 9.84. The summed E-state index contributed by atoms with van der Waals surface area (Å²) in [7, 11) is 1.80. The number of aliphatic hydroxyl groups excluding tert-OH is 1. The van der Waals surface area contributed by atoms with E-state index in [0.29, 0.717) is 0 Å². The molecule has 2 unspecified atom stereocenters. The first-order chi connectivity index (χ1) is 9.43.